The van der Waals surface area contributed by atoms with Crippen LogP contribution in [0.4, 0.5) is 23.1 Å². The van der Waals surface area contributed by atoms with E-state index >= 15 is 0 Å². The second-order valence-electron chi connectivity index (χ2n) is 4.68. The fourth-order valence-corrected chi connectivity index (χ4v) is 2.22. The van der Waals surface area contributed by atoms with Crippen molar-refractivity contribution in [1.29, 1.82) is 0 Å². The highest BCUT2D eigenvalue weighted by Crippen LogP contribution is 2.21. The average Bonchev–Trinajstić information content (AvgIpc) is 2.56. The Morgan fingerprint density at radius 2 is 1.86 bits per heavy atom. The number of anilines is 4. The minimum Gasteiger partial charge on any atom is -0.378 e. The highest BCUT2D eigenvalue weighted by atomic mass is 16.5. The third-order valence-electron chi connectivity index (χ3n) is 3.30. The molecule has 0 spiro atoms. The lowest BCUT2D eigenvalue weighted by Crippen LogP contribution is -2.36. The predicted octanol–water partition coefficient (Wildman–Crippen LogP) is 1.34. The molecule has 0 radical (unpaired) electrons. The third-order valence-corrected chi connectivity index (χ3v) is 3.30. The first-order valence-electron chi connectivity index (χ1n) is 6.84. The normalized spacial score (nSPS) is 14.8. The van der Waals surface area contributed by atoms with Crippen LogP contribution in [0.25, 0.3) is 0 Å². The quantitative estimate of drug-likeness (QED) is 0.577. The van der Waals surface area contributed by atoms with Gasteiger partial charge in [-0.3, -0.25) is 5.43 Å². The molecule has 110 valence electrons. The Hall–Kier alpha value is -2.38. The van der Waals surface area contributed by atoms with Crippen molar-refractivity contribution >= 4 is 23.1 Å². The molecule has 0 bridgehead atoms. The Labute approximate surface area is 123 Å². The zero-order valence-electron chi connectivity index (χ0n) is 11.6. The van der Waals surface area contributed by atoms with Gasteiger partial charge in [0.1, 0.15) is 5.82 Å². The van der Waals surface area contributed by atoms with Crippen LogP contribution >= 0.6 is 0 Å². The maximum absolute atomic E-state index is 5.36. The molecule has 1 fully saturated rings. The van der Waals surface area contributed by atoms with Crippen LogP contribution in [0, 0.1) is 0 Å². The molecule has 0 amide bonds. The van der Waals surface area contributed by atoms with Gasteiger partial charge < -0.3 is 15.0 Å². The summed E-state index contributed by atoms with van der Waals surface area (Å²) in [7, 11) is 0. The van der Waals surface area contributed by atoms with Crippen molar-refractivity contribution in [2.45, 2.75) is 0 Å². The highest BCUT2D eigenvalue weighted by molar-refractivity contribution is 5.61. The van der Waals surface area contributed by atoms with Gasteiger partial charge in [0, 0.05) is 30.7 Å². The van der Waals surface area contributed by atoms with Gasteiger partial charge in [0.2, 0.25) is 5.95 Å². The van der Waals surface area contributed by atoms with E-state index in [1.807, 2.05) is 12.1 Å². The van der Waals surface area contributed by atoms with Gasteiger partial charge in [0.25, 0.3) is 0 Å². The number of nitrogens with zero attached hydrogens (tertiary/aromatic N) is 3. The minimum absolute atomic E-state index is 0.380. The molecule has 21 heavy (non-hydrogen) atoms. The summed E-state index contributed by atoms with van der Waals surface area (Å²) in [6.07, 6.45) is 1.65. The molecule has 1 aliphatic heterocycles. The summed E-state index contributed by atoms with van der Waals surface area (Å²) in [5, 5.41) is 3.22. The number of hydrogen-bond acceptors (Lipinski definition) is 7. The molecular formula is C14H18N6O. The van der Waals surface area contributed by atoms with Crippen molar-refractivity contribution in [2.75, 3.05) is 41.9 Å². The van der Waals surface area contributed by atoms with E-state index in [1.54, 1.807) is 12.3 Å². The molecule has 7 heteroatoms. The molecule has 1 aliphatic rings. The van der Waals surface area contributed by atoms with Crippen LogP contribution in [-0.4, -0.2) is 36.3 Å². The molecule has 1 aromatic heterocycles. The number of ether oxygens (including phenoxy) is 1. The zero-order chi connectivity index (χ0) is 14.5. The van der Waals surface area contributed by atoms with E-state index in [2.05, 4.69) is 37.7 Å². The number of hydrazine groups is 1. The summed E-state index contributed by atoms with van der Waals surface area (Å²) < 4.78 is 5.36. The van der Waals surface area contributed by atoms with E-state index in [4.69, 9.17) is 10.6 Å². The topological polar surface area (TPSA) is 88.3 Å². The van der Waals surface area contributed by atoms with Gasteiger partial charge in [-0.2, -0.15) is 4.98 Å². The van der Waals surface area contributed by atoms with Crippen molar-refractivity contribution in [3.8, 4) is 0 Å². The molecule has 0 aliphatic carbocycles. The summed E-state index contributed by atoms with van der Waals surface area (Å²) in [6.45, 7) is 3.44. The van der Waals surface area contributed by atoms with Gasteiger partial charge in [0.15, 0.2) is 0 Å². The number of nitrogens with one attached hydrogen (secondary N) is 2. The molecule has 2 heterocycles. The first-order chi connectivity index (χ1) is 10.3. The van der Waals surface area contributed by atoms with Gasteiger partial charge in [0.05, 0.1) is 13.2 Å². The van der Waals surface area contributed by atoms with Crippen LogP contribution in [0.15, 0.2) is 36.5 Å². The maximum Gasteiger partial charge on any atom is 0.239 e. The SMILES string of the molecule is NNc1nccc(Nc2ccc(N3CCOCC3)cc2)n1. The summed E-state index contributed by atoms with van der Waals surface area (Å²) in [6, 6.07) is 10.0. The van der Waals surface area contributed by atoms with Gasteiger partial charge in [-0.05, 0) is 30.3 Å². The predicted molar refractivity (Wildman–Crippen MR) is 82.6 cm³/mol. The number of rotatable bonds is 4. The number of morpholine rings is 1. The largest absolute Gasteiger partial charge is 0.378 e. The summed E-state index contributed by atoms with van der Waals surface area (Å²) in [5.74, 6) is 6.37. The average molecular weight is 286 g/mol. The van der Waals surface area contributed by atoms with E-state index < -0.39 is 0 Å². The molecule has 1 saturated heterocycles. The van der Waals surface area contributed by atoms with Crippen LogP contribution in [-0.2, 0) is 4.74 Å². The molecule has 0 atom stereocenters. The fourth-order valence-electron chi connectivity index (χ4n) is 2.22. The molecule has 7 nitrogen and oxygen atoms in total. The van der Waals surface area contributed by atoms with Crippen LogP contribution in [0.5, 0.6) is 0 Å². The van der Waals surface area contributed by atoms with E-state index in [0.29, 0.717) is 11.8 Å². The fraction of sp³-hybridized carbons (Fsp3) is 0.286. The van der Waals surface area contributed by atoms with Crippen molar-refractivity contribution in [3.05, 3.63) is 36.5 Å². The Balaban J connectivity index is 1.68. The van der Waals surface area contributed by atoms with E-state index in [-0.39, 0.29) is 0 Å². The zero-order valence-corrected chi connectivity index (χ0v) is 11.6. The molecule has 0 unspecified atom stereocenters. The molecule has 1 aromatic carbocycles. The summed E-state index contributed by atoms with van der Waals surface area (Å²) in [5.41, 5.74) is 4.60. The van der Waals surface area contributed by atoms with Gasteiger partial charge in [-0.1, -0.05) is 0 Å². The van der Waals surface area contributed by atoms with Crippen LogP contribution in [0.1, 0.15) is 0 Å². The lowest BCUT2D eigenvalue weighted by Gasteiger charge is -2.28. The van der Waals surface area contributed by atoms with Crippen LogP contribution < -0.4 is 21.5 Å². The maximum atomic E-state index is 5.36. The smallest absolute Gasteiger partial charge is 0.239 e. The second kappa shape index (κ2) is 6.38. The summed E-state index contributed by atoms with van der Waals surface area (Å²) >= 11 is 0. The van der Waals surface area contributed by atoms with Gasteiger partial charge in [-0.15, -0.1) is 0 Å². The Morgan fingerprint density at radius 3 is 2.57 bits per heavy atom. The number of nitrogen functional groups attached to an aromatic ring is 1. The van der Waals surface area contributed by atoms with Crippen LogP contribution in [0.2, 0.25) is 0 Å². The number of benzene rings is 1. The third kappa shape index (κ3) is 3.39. The molecular weight excluding hydrogens is 268 g/mol. The second-order valence-corrected chi connectivity index (χ2v) is 4.68. The van der Waals surface area contributed by atoms with Crippen molar-refractivity contribution in [2.24, 2.45) is 5.84 Å². The van der Waals surface area contributed by atoms with Crippen molar-refractivity contribution in [3.63, 3.8) is 0 Å². The molecule has 2 aromatic rings. The van der Waals surface area contributed by atoms with Crippen molar-refractivity contribution in [1.82, 2.24) is 9.97 Å². The standard InChI is InChI=1S/C14H18N6O/c15-19-14-16-6-5-13(18-14)17-11-1-3-12(4-2-11)20-7-9-21-10-8-20/h1-6H,7-10,15H2,(H2,16,17,18,19). The molecule has 4 N–H and O–H groups in total. The number of hydrogen-bond donors (Lipinski definition) is 3. The number of nitrogens with two attached hydrogens (primary N) is 1. The van der Waals surface area contributed by atoms with Crippen LogP contribution in [0.3, 0.4) is 0 Å². The molecule has 0 saturated carbocycles. The van der Waals surface area contributed by atoms with E-state index in [9.17, 15) is 0 Å². The number of aromatic nitrogens is 2. The first-order valence-corrected chi connectivity index (χ1v) is 6.84. The van der Waals surface area contributed by atoms with E-state index in [1.165, 1.54) is 5.69 Å². The summed E-state index contributed by atoms with van der Waals surface area (Å²) in [4.78, 5) is 10.5. The molecule has 3 rings (SSSR count). The van der Waals surface area contributed by atoms with Gasteiger partial charge in [-0.25, -0.2) is 10.8 Å². The van der Waals surface area contributed by atoms with Gasteiger partial charge >= 0.3 is 0 Å². The Morgan fingerprint density at radius 1 is 1.10 bits per heavy atom. The minimum atomic E-state index is 0.380. The lowest BCUT2D eigenvalue weighted by atomic mass is 10.2. The Bertz CT molecular complexity index is 582. The highest BCUT2D eigenvalue weighted by Gasteiger charge is 2.10. The van der Waals surface area contributed by atoms with Crippen molar-refractivity contribution < 1.29 is 4.74 Å². The monoisotopic (exact) mass is 286 g/mol. The lowest BCUT2D eigenvalue weighted by molar-refractivity contribution is 0.122. The first kappa shape index (κ1) is 13.6. The van der Waals surface area contributed by atoms with E-state index in [0.717, 1.165) is 32.0 Å². The Kier molecular flexibility index (Phi) is 4.13.